The van der Waals surface area contributed by atoms with Gasteiger partial charge in [0.2, 0.25) is 0 Å². The van der Waals surface area contributed by atoms with Gasteiger partial charge in [0, 0.05) is 25.7 Å². The standard InChI is InChI=1S/C69H134O17P2/c1-7-9-11-13-14-15-16-17-18-19-20-21-22-23-24-25-26-29-35-41-47-53-68(73)86-65(58-80-67(72)52-46-40-34-30-27-28-32-38-43-49-61(3)4)60-84-88(77,78)82-56-63(70)55-81-87(75,76)83-59-64(57-79-66(71)51-45-37-12-10-8-2)85-69(74)54-48-42-36-31-33-39-44-50-62(5)6/h61-65,70H,7-60H2,1-6H3,(H,75,76)(H,77,78)/t63-,64+,65+/m0/s1. The summed E-state index contributed by atoms with van der Waals surface area (Å²) < 4.78 is 68.0. The molecule has 0 bridgehead atoms. The highest BCUT2D eigenvalue weighted by Crippen LogP contribution is 2.45. The Labute approximate surface area is 537 Å². The normalized spacial score (nSPS) is 14.2. The van der Waals surface area contributed by atoms with Gasteiger partial charge < -0.3 is 33.8 Å². The van der Waals surface area contributed by atoms with Crippen LogP contribution in [0.5, 0.6) is 0 Å². The fourth-order valence-corrected chi connectivity index (χ4v) is 12.0. The number of unbranched alkanes of at least 4 members (excludes halogenated alkanes) is 38. The third-order valence-electron chi connectivity index (χ3n) is 16.0. The maximum Gasteiger partial charge on any atom is 0.472 e. The van der Waals surface area contributed by atoms with Crippen molar-refractivity contribution in [3.8, 4) is 0 Å². The van der Waals surface area contributed by atoms with E-state index >= 15 is 0 Å². The summed E-state index contributed by atoms with van der Waals surface area (Å²) in [5, 5.41) is 10.5. The Morgan fingerprint density at radius 1 is 0.307 bits per heavy atom. The minimum Gasteiger partial charge on any atom is -0.462 e. The number of phosphoric ester groups is 2. The highest BCUT2D eigenvalue weighted by atomic mass is 31.2. The van der Waals surface area contributed by atoms with Crippen molar-refractivity contribution in [1.29, 1.82) is 0 Å². The smallest absolute Gasteiger partial charge is 0.462 e. The monoisotopic (exact) mass is 1300 g/mol. The number of esters is 4. The zero-order chi connectivity index (χ0) is 65.0. The molecular formula is C69H134O17P2. The maximum absolute atomic E-state index is 13.0. The van der Waals surface area contributed by atoms with Gasteiger partial charge in [0.25, 0.3) is 0 Å². The lowest BCUT2D eigenvalue weighted by atomic mass is 10.0. The number of aliphatic hydroxyl groups is 1. The fourth-order valence-electron chi connectivity index (χ4n) is 10.4. The predicted molar refractivity (Wildman–Crippen MR) is 354 cm³/mol. The Kier molecular flexibility index (Phi) is 59.9. The van der Waals surface area contributed by atoms with Gasteiger partial charge in [0.15, 0.2) is 12.2 Å². The number of phosphoric acid groups is 2. The van der Waals surface area contributed by atoms with Crippen molar-refractivity contribution in [3.63, 3.8) is 0 Å². The van der Waals surface area contributed by atoms with Crippen molar-refractivity contribution in [2.75, 3.05) is 39.6 Å². The molecule has 0 rings (SSSR count). The van der Waals surface area contributed by atoms with E-state index < -0.39 is 97.5 Å². The van der Waals surface area contributed by atoms with Crippen molar-refractivity contribution in [1.82, 2.24) is 0 Å². The van der Waals surface area contributed by atoms with Crippen molar-refractivity contribution < 1.29 is 80.2 Å². The van der Waals surface area contributed by atoms with Crippen LogP contribution in [0.15, 0.2) is 0 Å². The molecule has 19 heteroatoms. The molecule has 0 aliphatic carbocycles. The van der Waals surface area contributed by atoms with Gasteiger partial charge in [0.1, 0.15) is 19.3 Å². The molecule has 17 nitrogen and oxygen atoms in total. The van der Waals surface area contributed by atoms with E-state index in [4.69, 9.17) is 37.0 Å². The Hall–Kier alpha value is -1.94. The number of hydrogen-bond donors (Lipinski definition) is 3. The molecule has 0 aliphatic rings. The second kappa shape index (κ2) is 61.3. The molecule has 0 fully saturated rings. The van der Waals surface area contributed by atoms with E-state index in [1.807, 2.05) is 0 Å². The van der Waals surface area contributed by atoms with Gasteiger partial charge in [-0.05, 0) is 37.5 Å². The van der Waals surface area contributed by atoms with Crippen LogP contribution in [0.25, 0.3) is 0 Å². The third kappa shape index (κ3) is 62.8. The zero-order valence-electron chi connectivity index (χ0n) is 57.0. The molecule has 0 aromatic carbocycles. The van der Waals surface area contributed by atoms with E-state index in [0.717, 1.165) is 102 Å². The number of rotatable bonds is 68. The molecule has 3 N–H and O–H groups in total. The van der Waals surface area contributed by atoms with E-state index in [-0.39, 0.29) is 25.7 Å². The number of hydrogen-bond acceptors (Lipinski definition) is 15. The van der Waals surface area contributed by atoms with E-state index in [2.05, 4.69) is 41.5 Å². The van der Waals surface area contributed by atoms with Crippen LogP contribution >= 0.6 is 15.6 Å². The molecule has 0 aliphatic heterocycles. The topological polar surface area (TPSA) is 237 Å². The number of ether oxygens (including phenoxy) is 4. The minimum atomic E-state index is -4.95. The van der Waals surface area contributed by atoms with Gasteiger partial charge in [-0.2, -0.15) is 0 Å². The van der Waals surface area contributed by atoms with Crippen LogP contribution in [0.3, 0.4) is 0 Å². The number of aliphatic hydroxyl groups excluding tert-OH is 1. The molecule has 0 radical (unpaired) electrons. The largest absolute Gasteiger partial charge is 0.472 e. The van der Waals surface area contributed by atoms with E-state index in [9.17, 15) is 43.2 Å². The highest BCUT2D eigenvalue weighted by Gasteiger charge is 2.30. The maximum atomic E-state index is 13.0. The van der Waals surface area contributed by atoms with Crippen LogP contribution in [0.2, 0.25) is 0 Å². The van der Waals surface area contributed by atoms with Crippen molar-refractivity contribution in [2.45, 2.75) is 368 Å². The predicted octanol–water partition coefficient (Wildman–Crippen LogP) is 19.6. The van der Waals surface area contributed by atoms with Crippen LogP contribution < -0.4 is 0 Å². The SMILES string of the molecule is CCCCCCCCCCCCCCCCCCCCCCCC(=O)O[C@H](COC(=O)CCCCCCCCCCCC(C)C)COP(=O)(O)OC[C@@H](O)COP(=O)(O)OC[C@@H](COC(=O)CCCCCCC)OC(=O)CCCCCCCCCC(C)C. The zero-order valence-corrected chi connectivity index (χ0v) is 58.8. The summed E-state index contributed by atoms with van der Waals surface area (Å²) in [7, 11) is -9.89. The quantitative estimate of drug-likeness (QED) is 0.0222. The fraction of sp³-hybridized carbons (Fsp3) is 0.942. The summed E-state index contributed by atoms with van der Waals surface area (Å²) >= 11 is 0. The average molecular weight is 1300 g/mol. The van der Waals surface area contributed by atoms with Crippen LogP contribution in [0.1, 0.15) is 350 Å². The second-order valence-electron chi connectivity index (χ2n) is 25.9. The summed E-state index contributed by atoms with van der Waals surface area (Å²) in [5.74, 6) is -0.701. The minimum absolute atomic E-state index is 0.102. The van der Waals surface area contributed by atoms with Gasteiger partial charge in [-0.25, -0.2) is 9.13 Å². The average Bonchev–Trinajstić information content (AvgIpc) is 3.64. The third-order valence-corrected chi connectivity index (χ3v) is 17.9. The molecule has 0 saturated heterocycles. The van der Waals surface area contributed by atoms with Gasteiger partial charge in [-0.3, -0.25) is 37.3 Å². The summed E-state index contributed by atoms with van der Waals surface area (Å²) in [5.41, 5.74) is 0. The van der Waals surface area contributed by atoms with Gasteiger partial charge >= 0.3 is 39.5 Å². The second-order valence-corrected chi connectivity index (χ2v) is 28.8. The van der Waals surface area contributed by atoms with Crippen molar-refractivity contribution in [3.05, 3.63) is 0 Å². The van der Waals surface area contributed by atoms with Crippen LogP contribution in [-0.4, -0.2) is 96.7 Å². The van der Waals surface area contributed by atoms with Gasteiger partial charge in [-0.15, -0.1) is 0 Å². The Morgan fingerprint density at radius 3 is 0.773 bits per heavy atom. The van der Waals surface area contributed by atoms with E-state index in [1.165, 1.54) is 161 Å². The Balaban J connectivity index is 5.10. The lowest BCUT2D eigenvalue weighted by molar-refractivity contribution is -0.161. The molecule has 0 spiro atoms. The Bertz CT molecular complexity index is 1720. The molecule has 0 amide bonds. The van der Waals surface area contributed by atoms with Crippen molar-refractivity contribution in [2.24, 2.45) is 11.8 Å². The van der Waals surface area contributed by atoms with Crippen LogP contribution in [-0.2, 0) is 65.4 Å². The van der Waals surface area contributed by atoms with E-state index in [0.29, 0.717) is 31.6 Å². The summed E-state index contributed by atoms with van der Waals surface area (Å²) in [6.07, 6.45) is 46.5. The first-order valence-corrected chi connectivity index (χ1v) is 39.0. The first-order valence-electron chi connectivity index (χ1n) is 36.0. The van der Waals surface area contributed by atoms with Gasteiger partial charge in [-0.1, -0.05) is 298 Å². The molecule has 522 valence electrons. The molecule has 0 saturated carbocycles. The molecule has 0 aromatic heterocycles. The molecule has 0 heterocycles. The molecular weight excluding hydrogens is 1160 g/mol. The summed E-state index contributed by atoms with van der Waals surface area (Å²) in [6.45, 7) is 9.36. The van der Waals surface area contributed by atoms with Crippen molar-refractivity contribution >= 4 is 39.5 Å². The number of carbonyl (C=O) groups is 4. The molecule has 5 atom stereocenters. The highest BCUT2D eigenvalue weighted by molar-refractivity contribution is 7.47. The lowest BCUT2D eigenvalue weighted by Crippen LogP contribution is -2.30. The first kappa shape index (κ1) is 86.1. The van der Waals surface area contributed by atoms with Gasteiger partial charge in [0.05, 0.1) is 26.4 Å². The Morgan fingerprint density at radius 2 is 0.523 bits per heavy atom. The summed E-state index contributed by atoms with van der Waals surface area (Å²) in [4.78, 5) is 72.1. The van der Waals surface area contributed by atoms with E-state index in [1.54, 1.807) is 0 Å². The number of carbonyl (C=O) groups excluding carboxylic acids is 4. The summed E-state index contributed by atoms with van der Waals surface area (Å²) in [6, 6.07) is 0. The van der Waals surface area contributed by atoms with Crippen LogP contribution in [0, 0.1) is 11.8 Å². The lowest BCUT2D eigenvalue weighted by Gasteiger charge is -2.21. The van der Waals surface area contributed by atoms with Crippen LogP contribution in [0.4, 0.5) is 0 Å². The first-order chi connectivity index (χ1) is 42.4. The molecule has 0 aromatic rings. The molecule has 2 unspecified atom stereocenters. The molecule has 88 heavy (non-hydrogen) atoms.